The van der Waals surface area contributed by atoms with Crippen LogP contribution in [0.4, 0.5) is 5.69 Å². The molecular weight excluding hydrogens is 262 g/mol. The molecule has 1 N–H and O–H groups in total. The van der Waals surface area contributed by atoms with Crippen molar-refractivity contribution in [2.75, 3.05) is 26.7 Å². The first-order chi connectivity index (χ1) is 9.58. The Balaban J connectivity index is 1.89. The van der Waals surface area contributed by atoms with Crippen LogP contribution in [0.1, 0.15) is 6.42 Å². The van der Waals surface area contributed by atoms with Crippen LogP contribution in [0.2, 0.25) is 0 Å². The Labute approximate surface area is 116 Å². The second-order valence-electron chi connectivity index (χ2n) is 4.69. The van der Waals surface area contributed by atoms with E-state index >= 15 is 0 Å². The number of likely N-dealkylation sites (N-methyl/N-ethyl adjacent to an activating group) is 1. The van der Waals surface area contributed by atoms with Crippen LogP contribution >= 0.6 is 0 Å². The number of nitrogens with one attached hydrogen (secondary N) is 1. The third-order valence-electron chi connectivity index (χ3n) is 3.37. The number of ether oxygens (including phenoxy) is 1. The number of rotatable bonds is 5. The molecule has 2 rings (SSSR count). The second kappa shape index (κ2) is 6.33. The van der Waals surface area contributed by atoms with Gasteiger partial charge in [0.1, 0.15) is 5.75 Å². The lowest BCUT2D eigenvalue weighted by Crippen LogP contribution is -2.40. The van der Waals surface area contributed by atoms with E-state index in [1.54, 1.807) is 18.0 Å². The highest BCUT2D eigenvalue weighted by Gasteiger charge is 2.23. The van der Waals surface area contributed by atoms with E-state index in [1.165, 1.54) is 18.2 Å². The Morgan fingerprint density at radius 3 is 3.05 bits per heavy atom. The minimum absolute atomic E-state index is 0.0525. The molecule has 1 aliphatic heterocycles. The van der Waals surface area contributed by atoms with Gasteiger partial charge < -0.3 is 15.0 Å². The summed E-state index contributed by atoms with van der Waals surface area (Å²) < 4.78 is 5.32. The van der Waals surface area contributed by atoms with Gasteiger partial charge in [-0.05, 0) is 19.0 Å². The molecule has 1 heterocycles. The molecule has 7 heteroatoms. The van der Waals surface area contributed by atoms with Crippen molar-refractivity contribution in [2.24, 2.45) is 0 Å². The lowest BCUT2D eigenvalue weighted by Gasteiger charge is -2.23. The Morgan fingerprint density at radius 2 is 2.40 bits per heavy atom. The monoisotopic (exact) mass is 279 g/mol. The van der Waals surface area contributed by atoms with Crippen molar-refractivity contribution < 1.29 is 14.5 Å². The zero-order valence-electron chi connectivity index (χ0n) is 11.2. The van der Waals surface area contributed by atoms with Gasteiger partial charge in [-0.15, -0.1) is 0 Å². The molecule has 1 amide bonds. The van der Waals surface area contributed by atoms with Crippen LogP contribution in [0.25, 0.3) is 0 Å². The number of nitrogens with zero attached hydrogens (tertiary/aromatic N) is 2. The first kappa shape index (κ1) is 14.3. The minimum atomic E-state index is -0.495. The van der Waals surface area contributed by atoms with E-state index in [4.69, 9.17) is 4.74 Å². The summed E-state index contributed by atoms with van der Waals surface area (Å²) in [5, 5.41) is 13.8. The molecule has 0 spiro atoms. The smallest absolute Gasteiger partial charge is 0.273 e. The summed E-state index contributed by atoms with van der Waals surface area (Å²) in [6.45, 7) is 1.58. The minimum Gasteiger partial charge on any atom is -0.484 e. The van der Waals surface area contributed by atoms with E-state index in [0.29, 0.717) is 5.75 Å². The van der Waals surface area contributed by atoms with Gasteiger partial charge in [-0.1, -0.05) is 6.07 Å². The van der Waals surface area contributed by atoms with Crippen LogP contribution in [0.5, 0.6) is 5.75 Å². The fourth-order valence-corrected chi connectivity index (χ4v) is 2.11. The maximum Gasteiger partial charge on any atom is 0.273 e. The van der Waals surface area contributed by atoms with Crippen molar-refractivity contribution in [2.45, 2.75) is 12.5 Å². The maximum absolute atomic E-state index is 12.0. The first-order valence-corrected chi connectivity index (χ1v) is 6.41. The van der Waals surface area contributed by atoms with E-state index < -0.39 is 4.92 Å². The second-order valence-corrected chi connectivity index (χ2v) is 4.69. The molecule has 0 aliphatic carbocycles. The van der Waals surface area contributed by atoms with Crippen molar-refractivity contribution in [3.05, 3.63) is 34.4 Å². The average Bonchev–Trinajstić information content (AvgIpc) is 2.98. The van der Waals surface area contributed by atoms with Gasteiger partial charge in [-0.3, -0.25) is 14.9 Å². The molecule has 1 unspecified atom stereocenters. The fourth-order valence-electron chi connectivity index (χ4n) is 2.11. The number of benzene rings is 1. The predicted molar refractivity (Wildman–Crippen MR) is 72.6 cm³/mol. The van der Waals surface area contributed by atoms with Crippen LogP contribution in [0.15, 0.2) is 24.3 Å². The summed E-state index contributed by atoms with van der Waals surface area (Å²) in [6.07, 6.45) is 0.930. The summed E-state index contributed by atoms with van der Waals surface area (Å²) in [6, 6.07) is 6.01. The zero-order chi connectivity index (χ0) is 14.5. The van der Waals surface area contributed by atoms with Gasteiger partial charge >= 0.3 is 0 Å². The number of carbonyl (C=O) groups excluding carboxylic acids is 1. The summed E-state index contributed by atoms with van der Waals surface area (Å²) in [5.74, 6) is 0.190. The van der Waals surface area contributed by atoms with Crippen LogP contribution in [-0.4, -0.2) is 48.5 Å². The first-order valence-electron chi connectivity index (χ1n) is 6.41. The van der Waals surface area contributed by atoms with Gasteiger partial charge in [0.25, 0.3) is 11.6 Å². The fraction of sp³-hybridized carbons (Fsp3) is 0.462. The lowest BCUT2D eigenvalue weighted by atomic mass is 10.2. The summed E-state index contributed by atoms with van der Waals surface area (Å²) >= 11 is 0. The van der Waals surface area contributed by atoms with Crippen molar-refractivity contribution in [3.63, 3.8) is 0 Å². The molecule has 108 valence electrons. The Hall–Kier alpha value is -2.15. The molecule has 20 heavy (non-hydrogen) atoms. The molecule has 1 aliphatic rings. The number of non-ortho nitro benzene ring substituents is 1. The lowest BCUT2D eigenvalue weighted by molar-refractivity contribution is -0.384. The number of amides is 1. The molecule has 1 saturated heterocycles. The van der Waals surface area contributed by atoms with E-state index in [2.05, 4.69) is 5.32 Å². The van der Waals surface area contributed by atoms with Gasteiger partial charge in [-0.2, -0.15) is 0 Å². The molecule has 1 atom stereocenters. The van der Waals surface area contributed by atoms with Crippen LogP contribution in [-0.2, 0) is 4.79 Å². The molecule has 0 saturated carbocycles. The predicted octanol–water partition coefficient (Wildman–Crippen LogP) is 0.794. The summed E-state index contributed by atoms with van der Waals surface area (Å²) in [7, 11) is 1.75. The normalized spacial score (nSPS) is 17.8. The highest BCUT2D eigenvalue weighted by molar-refractivity contribution is 5.77. The Kier molecular flexibility index (Phi) is 4.52. The molecule has 1 aromatic carbocycles. The van der Waals surface area contributed by atoms with Crippen LogP contribution < -0.4 is 10.1 Å². The number of hydrogen-bond acceptors (Lipinski definition) is 5. The highest BCUT2D eigenvalue weighted by atomic mass is 16.6. The zero-order valence-corrected chi connectivity index (χ0v) is 11.2. The van der Waals surface area contributed by atoms with E-state index in [-0.39, 0.29) is 24.2 Å². The summed E-state index contributed by atoms with van der Waals surface area (Å²) in [5.41, 5.74) is -0.0525. The summed E-state index contributed by atoms with van der Waals surface area (Å²) in [4.78, 5) is 23.8. The third-order valence-corrected chi connectivity index (χ3v) is 3.37. The van der Waals surface area contributed by atoms with E-state index in [1.807, 2.05) is 0 Å². The van der Waals surface area contributed by atoms with Gasteiger partial charge in [0.15, 0.2) is 6.61 Å². The highest BCUT2D eigenvalue weighted by Crippen LogP contribution is 2.19. The number of hydrogen-bond donors (Lipinski definition) is 1. The topological polar surface area (TPSA) is 84.7 Å². The molecular formula is C13H17N3O4. The molecule has 0 radical (unpaired) electrons. The van der Waals surface area contributed by atoms with Crippen molar-refractivity contribution >= 4 is 11.6 Å². The molecule has 0 bridgehead atoms. The van der Waals surface area contributed by atoms with Crippen LogP contribution in [0, 0.1) is 10.1 Å². The van der Waals surface area contributed by atoms with E-state index in [0.717, 1.165) is 19.5 Å². The third kappa shape index (κ3) is 3.45. The van der Waals surface area contributed by atoms with Gasteiger partial charge in [-0.25, -0.2) is 0 Å². The standard InChI is InChI=1S/C13H17N3O4/c1-15(11-5-6-14-8-11)13(17)9-20-12-4-2-3-10(7-12)16(18)19/h2-4,7,11,14H,5-6,8-9H2,1H3. The Morgan fingerprint density at radius 1 is 1.60 bits per heavy atom. The molecule has 1 fully saturated rings. The van der Waals surface area contributed by atoms with Crippen molar-refractivity contribution in [1.82, 2.24) is 10.2 Å². The average molecular weight is 279 g/mol. The van der Waals surface area contributed by atoms with Gasteiger partial charge in [0.2, 0.25) is 0 Å². The molecule has 0 aromatic heterocycles. The molecule has 7 nitrogen and oxygen atoms in total. The van der Waals surface area contributed by atoms with Crippen molar-refractivity contribution in [1.29, 1.82) is 0 Å². The quantitative estimate of drug-likeness (QED) is 0.636. The van der Waals surface area contributed by atoms with Crippen molar-refractivity contribution in [3.8, 4) is 5.75 Å². The van der Waals surface area contributed by atoms with Gasteiger partial charge in [0, 0.05) is 25.7 Å². The number of nitro benzene ring substituents is 1. The Bertz CT molecular complexity index is 500. The number of nitro groups is 1. The van der Waals surface area contributed by atoms with E-state index in [9.17, 15) is 14.9 Å². The van der Waals surface area contributed by atoms with Gasteiger partial charge in [0.05, 0.1) is 11.0 Å². The maximum atomic E-state index is 12.0. The SMILES string of the molecule is CN(C(=O)COc1cccc([N+](=O)[O-])c1)C1CCNC1. The van der Waals surface area contributed by atoms with Crippen LogP contribution in [0.3, 0.4) is 0 Å². The molecule has 1 aromatic rings. The number of carbonyl (C=O) groups is 1. The largest absolute Gasteiger partial charge is 0.484 e.